The Morgan fingerprint density at radius 1 is 1.43 bits per heavy atom. The molecule has 14 heavy (non-hydrogen) atoms. The molecule has 1 saturated heterocycles. The molecule has 0 unspecified atom stereocenters. The van der Waals surface area contributed by atoms with E-state index < -0.39 is 6.10 Å². The van der Waals surface area contributed by atoms with Gasteiger partial charge in [-0.25, -0.2) is 0 Å². The highest BCUT2D eigenvalue weighted by molar-refractivity contribution is 5.31. The molecule has 0 radical (unpaired) electrons. The van der Waals surface area contributed by atoms with Crippen LogP contribution in [-0.4, -0.2) is 43.2 Å². The maximum atomic E-state index is 9.53. The first-order chi connectivity index (χ1) is 6.81. The lowest BCUT2D eigenvalue weighted by Gasteiger charge is -2.31. The number of aliphatic hydroxyl groups is 1. The van der Waals surface area contributed by atoms with Gasteiger partial charge in [0.1, 0.15) is 12.2 Å². The zero-order valence-corrected chi connectivity index (χ0v) is 7.93. The van der Waals surface area contributed by atoms with Crippen LogP contribution < -0.4 is 5.73 Å². The molecule has 2 aliphatic rings. The number of fused-ring (bicyclic) bond motifs is 1. The number of hydrogen-bond donors (Lipinski definition) is 2. The lowest BCUT2D eigenvalue weighted by atomic mass is 9.98. The molecule has 3 N–H and O–H groups in total. The summed E-state index contributed by atoms with van der Waals surface area (Å²) in [6.45, 7) is 1.47. The standard InChI is InChI=1S/C10H15NO3/c11-6-8(12)7-1-2-9-10(5-7)14-4-3-13-9/h1-2,5,8-10,12H,3-4,6,11H2/t8-,9-,10+/m1/s1. The topological polar surface area (TPSA) is 64.7 Å². The van der Waals surface area contributed by atoms with E-state index in [0.717, 1.165) is 5.57 Å². The van der Waals surface area contributed by atoms with E-state index in [4.69, 9.17) is 15.2 Å². The fraction of sp³-hybridized carbons (Fsp3) is 0.600. The third-order valence-electron chi connectivity index (χ3n) is 2.47. The molecule has 0 bridgehead atoms. The van der Waals surface area contributed by atoms with Gasteiger partial charge in [-0.3, -0.25) is 0 Å². The van der Waals surface area contributed by atoms with Crippen molar-refractivity contribution in [2.45, 2.75) is 18.3 Å². The Bertz CT molecular complexity index is 262. The second-order valence-electron chi connectivity index (χ2n) is 3.45. The van der Waals surface area contributed by atoms with Crippen molar-refractivity contribution < 1.29 is 14.6 Å². The first-order valence-corrected chi connectivity index (χ1v) is 4.82. The van der Waals surface area contributed by atoms with Crippen LogP contribution in [0.3, 0.4) is 0 Å². The van der Waals surface area contributed by atoms with E-state index in [9.17, 15) is 5.11 Å². The Kier molecular flexibility index (Phi) is 2.98. The maximum Gasteiger partial charge on any atom is 0.106 e. The summed E-state index contributed by atoms with van der Waals surface area (Å²) in [6.07, 6.45) is 4.99. The third kappa shape index (κ3) is 1.88. The summed E-state index contributed by atoms with van der Waals surface area (Å²) in [5.74, 6) is 0. The summed E-state index contributed by atoms with van der Waals surface area (Å²) in [5, 5.41) is 9.53. The number of hydrogen-bond acceptors (Lipinski definition) is 4. The molecule has 0 spiro atoms. The van der Waals surface area contributed by atoms with Gasteiger partial charge < -0.3 is 20.3 Å². The van der Waals surface area contributed by atoms with Crippen molar-refractivity contribution in [1.82, 2.24) is 0 Å². The first kappa shape index (κ1) is 9.86. The molecule has 0 saturated carbocycles. The molecular weight excluding hydrogens is 182 g/mol. The minimum atomic E-state index is -0.599. The van der Waals surface area contributed by atoms with Gasteiger partial charge in [-0.2, -0.15) is 0 Å². The second kappa shape index (κ2) is 4.23. The number of nitrogens with two attached hydrogens (primary N) is 1. The predicted octanol–water partition coefficient (Wildman–Crippen LogP) is -0.414. The largest absolute Gasteiger partial charge is 0.387 e. The highest BCUT2D eigenvalue weighted by Crippen LogP contribution is 2.21. The van der Waals surface area contributed by atoms with Gasteiger partial charge in [0.05, 0.1) is 19.3 Å². The SMILES string of the molecule is NC[C@@H](O)C1=C[C@@H]2OCCO[C@@H]2C=C1. The quantitative estimate of drug-likeness (QED) is 0.631. The van der Waals surface area contributed by atoms with E-state index in [1.165, 1.54) is 0 Å². The van der Waals surface area contributed by atoms with E-state index in [2.05, 4.69) is 0 Å². The van der Waals surface area contributed by atoms with Crippen molar-refractivity contribution in [3.05, 3.63) is 23.8 Å². The second-order valence-corrected chi connectivity index (χ2v) is 3.45. The Morgan fingerprint density at radius 2 is 2.14 bits per heavy atom. The zero-order valence-electron chi connectivity index (χ0n) is 7.93. The van der Waals surface area contributed by atoms with Crippen molar-refractivity contribution in [3.63, 3.8) is 0 Å². The minimum absolute atomic E-state index is 0.00234. The summed E-state index contributed by atoms with van der Waals surface area (Å²) >= 11 is 0. The van der Waals surface area contributed by atoms with Gasteiger partial charge in [-0.15, -0.1) is 0 Å². The average molecular weight is 197 g/mol. The summed E-state index contributed by atoms with van der Waals surface area (Å²) in [6, 6.07) is 0. The summed E-state index contributed by atoms with van der Waals surface area (Å²) in [4.78, 5) is 0. The van der Waals surface area contributed by atoms with Crippen LogP contribution in [-0.2, 0) is 9.47 Å². The maximum absolute atomic E-state index is 9.53. The first-order valence-electron chi connectivity index (χ1n) is 4.82. The Morgan fingerprint density at radius 3 is 2.86 bits per heavy atom. The molecule has 1 fully saturated rings. The van der Waals surface area contributed by atoms with Crippen molar-refractivity contribution in [2.24, 2.45) is 5.73 Å². The van der Waals surface area contributed by atoms with E-state index in [1.807, 2.05) is 18.2 Å². The monoisotopic (exact) mass is 197 g/mol. The Balaban J connectivity index is 2.08. The minimum Gasteiger partial charge on any atom is -0.387 e. The van der Waals surface area contributed by atoms with Crippen LogP contribution in [0.15, 0.2) is 23.8 Å². The van der Waals surface area contributed by atoms with Crippen LogP contribution in [0.25, 0.3) is 0 Å². The molecule has 2 rings (SSSR count). The molecule has 1 aliphatic heterocycles. The van der Waals surface area contributed by atoms with Crippen LogP contribution in [0.5, 0.6) is 0 Å². The third-order valence-corrected chi connectivity index (χ3v) is 2.47. The molecule has 4 nitrogen and oxygen atoms in total. The lowest BCUT2D eigenvalue weighted by Crippen LogP contribution is -2.38. The van der Waals surface area contributed by atoms with Crippen molar-refractivity contribution in [2.75, 3.05) is 19.8 Å². The smallest absolute Gasteiger partial charge is 0.106 e. The highest BCUT2D eigenvalue weighted by atomic mass is 16.6. The molecule has 78 valence electrons. The van der Waals surface area contributed by atoms with Gasteiger partial charge >= 0.3 is 0 Å². The Hall–Kier alpha value is -0.680. The van der Waals surface area contributed by atoms with E-state index in [0.29, 0.717) is 13.2 Å². The van der Waals surface area contributed by atoms with Crippen molar-refractivity contribution >= 4 is 0 Å². The highest BCUT2D eigenvalue weighted by Gasteiger charge is 2.26. The van der Waals surface area contributed by atoms with Crippen molar-refractivity contribution in [3.8, 4) is 0 Å². The van der Waals surface area contributed by atoms with E-state index >= 15 is 0 Å². The van der Waals surface area contributed by atoms with Gasteiger partial charge in [0.25, 0.3) is 0 Å². The Labute approximate surface area is 83.0 Å². The molecule has 1 aliphatic carbocycles. The lowest BCUT2D eigenvalue weighted by molar-refractivity contribution is -0.102. The molecule has 1 heterocycles. The predicted molar refractivity (Wildman–Crippen MR) is 51.8 cm³/mol. The van der Waals surface area contributed by atoms with Crippen LogP contribution >= 0.6 is 0 Å². The summed E-state index contributed by atoms with van der Waals surface area (Å²) in [5.41, 5.74) is 6.19. The average Bonchev–Trinajstić information content (AvgIpc) is 2.27. The van der Waals surface area contributed by atoms with Gasteiger partial charge in [0, 0.05) is 6.54 Å². The van der Waals surface area contributed by atoms with Crippen LogP contribution in [0.1, 0.15) is 0 Å². The summed E-state index contributed by atoms with van der Waals surface area (Å²) in [7, 11) is 0. The molecule has 0 aromatic heterocycles. The molecule has 3 atom stereocenters. The van der Waals surface area contributed by atoms with Gasteiger partial charge in [-0.1, -0.05) is 12.2 Å². The van der Waals surface area contributed by atoms with E-state index in [1.54, 1.807) is 0 Å². The number of aliphatic hydroxyl groups excluding tert-OH is 1. The van der Waals surface area contributed by atoms with Crippen molar-refractivity contribution in [1.29, 1.82) is 0 Å². The number of rotatable bonds is 2. The van der Waals surface area contributed by atoms with Gasteiger partial charge in [0.2, 0.25) is 0 Å². The number of ether oxygens (including phenoxy) is 2. The summed E-state index contributed by atoms with van der Waals surface area (Å²) < 4.78 is 11.0. The normalized spacial score (nSPS) is 33.4. The van der Waals surface area contributed by atoms with Crippen LogP contribution in [0, 0.1) is 0 Å². The molecule has 4 heteroatoms. The molecule has 0 amide bonds. The van der Waals surface area contributed by atoms with Gasteiger partial charge in [0.15, 0.2) is 0 Å². The zero-order chi connectivity index (χ0) is 9.97. The van der Waals surface area contributed by atoms with E-state index in [-0.39, 0.29) is 18.8 Å². The van der Waals surface area contributed by atoms with Crippen LogP contribution in [0.4, 0.5) is 0 Å². The molecular formula is C10H15NO3. The van der Waals surface area contributed by atoms with Crippen LogP contribution in [0.2, 0.25) is 0 Å². The fourth-order valence-corrected chi connectivity index (χ4v) is 1.68. The fourth-order valence-electron chi connectivity index (χ4n) is 1.68. The van der Waals surface area contributed by atoms with Gasteiger partial charge in [-0.05, 0) is 11.6 Å². The molecule has 0 aromatic carbocycles. The molecule has 0 aromatic rings.